The maximum absolute atomic E-state index is 11.6. The highest BCUT2D eigenvalue weighted by Gasteiger charge is 2.05. The quantitative estimate of drug-likeness (QED) is 0.530. The van der Waals surface area contributed by atoms with Gasteiger partial charge in [0.05, 0.1) is 5.69 Å². The third-order valence-corrected chi connectivity index (χ3v) is 1.23. The van der Waals surface area contributed by atoms with Gasteiger partial charge in [0.15, 0.2) is 0 Å². The van der Waals surface area contributed by atoms with Crippen LogP contribution in [0.2, 0.25) is 0 Å². The lowest BCUT2D eigenvalue weighted by Gasteiger charge is -2.05. The molecule has 0 atom stereocenters. The Bertz CT molecular complexity index is 278. The monoisotopic (exact) mass is 175 g/mol. The van der Waals surface area contributed by atoms with E-state index < -0.39 is 6.61 Å². The molecule has 5 heteroatoms. The van der Waals surface area contributed by atoms with Gasteiger partial charge in [-0.3, -0.25) is 0 Å². The number of nitrogens with two attached hydrogens (primary N) is 1. The second-order valence-corrected chi connectivity index (χ2v) is 2.10. The standard InChI is InChI=1S/C7H7F2NO2/c8-7(9)12-4-1-2-5(10)6(11)3-4/h1-3,7,11H,10H2. The molecule has 0 amide bonds. The number of phenolic OH excluding ortho intramolecular Hbond substituents is 1. The first-order chi connectivity index (χ1) is 5.59. The first-order valence-electron chi connectivity index (χ1n) is 3.13. The van der Waals surface area contributed by atoms with Crippen molar-refractivity contribution in [2.24, 2.45) is 0 Å². The second-order valence-electron chi connectivity index (χ2n) is 2.10. The number of alkyl halides is 2. The minimum Gasteiger partial charge on any atom is -0.506 e. The van der Waals surface area contributed by atoms with Crippen molar-refractivity contribution in [1.29, 1.82) is 0 Å². The molecule has 0 aliphatic heterocycles. The molecule has 0 saturated carbocycles. The van der Waals surface area contributed by atoms with Crippen LogP contribution in [0.1, 0.15) is 0 Å². The molecule has 3 N–H and O–H groups in total. The van der Waals surface area contributed by atoms with Crippen molar-refractivity contribution >= 4 is 5.69 Å². The number of anilines is 1. The van der Waals surface area contributed by atoms with E-state index in [9.17, 15) is 8.78 Å². The van der Waals surface area contributed by atoms with E-state index in [4.69, 9.17) is 10.8 Å². The zero-order valence-corrected chi connectivity index (χ0v) is 6.00. The lowest BCUT2D eigenvalue weighted by Crippen LogP contribution is -2.01. The van der Waals surface area contributed by atoms with Gasteiger partial charge in [-0.2, -0.15) is 8.78 Å². The van der Waals surface area contributed by atoms with Gasteiger partial charge in [-0.25, -0.2) is 0 Å². The van der Waals surface area contributed by atoms with Crippen LogP contribution >= 0.6 is 0 Å². The fourth-order valence-corrected chi connectivity index (χ4v) is 0.700. The van der Waals surface area contributed by atoms with E-state index in [-0.39, 0.29) is 17.2 Å². The maximum atomic E-state index is 11.6. The molecule has 0 aromatic heterocycles. The number of phenols is 1. The zero-order valence-electron chi connectivity index (χ0n) is 6.00. The summed E-state index contributed by atoms with van der Waals surface area (Å²) in [7, 11) is 0. The molecule has 0 aliphatic carbocycles. The van der Waals surface area contributed by atoms with Crippen molar-refractivity contribution < 1.29 is 18.6 Å². The molecule has 0 spiro atoms. The fraction of sp³-hybridized carbons (Fsp3) is 0.143. The van der Waals surface area contributed by atoms with Gasteiger partial charge < -0.3 is 15.6 Å². The molecule has 0 aliphatic rings. The van der Waals surface area contributed by atoms with E-state index in [1.165, 1.54) is 12.1 Å². The molecule has 0 unspecified atom stereocenters. The predicted molar refractivity (Wildman–Crippen MR) is 39.2 cm³/mol. The molecular formula is C7H7F2NO2. The first kappa shape index (κ1) is 8.58. The number of halogens is 2. The van der Waals surface area contributed by atoms with Crippen LogP contribution < -0.4 is 10.5 Å². The van der Waals surface area contributed by atoms with Crippen molar-refractivity contribution in [2.75, 3.05) is 5.73 Å². The highest BCUT2D eigenvalue weighted by Crippen LogP contribution is 2.25. The van der Waals surface area contributed by atoms with E-state index in [2.05, 4.69) is 4.74 Å². The van der Waals surface area contributed by atoms with E-state index >= 15 is 0 Å². The summed E-state index contributed by atoms with van der Waals surface area (Å²) in [6, 6.07) is 3.57. The van der Waals surface area contributed by atoms with E-state index in [1.807, 2.05) is 0 Å². The Morgan fingerprint density at radius 1 is 1.42 bits per heavy atom. The van der Waals surface area contributed by atoms with Gasteiger partial charge in [-0.05, 0) is 12.1 Å². The van der Waals surface area contributed by atoms with Gasteiger partial charge in [0.25, 0.3) is 0 Å². The number of aromatic hydroxyl groups is 1. The molecule has 3 nitrogen and oxygen atoms in total. The molecule has 12 heavy (non-hydrogen) atoms. The van der Waals surface area contributed by atoms with E-state index in [0.717, 1.165) is 6.07 Å². The minimum absolute atomic E-state index is 0.114. The predicted octanol–water partition coefficient (Wildman–Crippen LogP) is 1.58. The van der Waals surface area contributed by atoms with Crippen LogP contribution in [0.5, 0.6) is 11.5 Å². The first-order valence-corrected chi connectivity index (χ1v) is 3.13. The lowest BCUT2D eigenvalue weighted by atomic mass is 10.3. The van der Waals surface area contributed by atoms with Crippen LogP contribution in [0.15, 0.2) is 18.2 Å². The zero-order chi connectivity index (χ0) is 9.14. The van der Waals surface area contributed by atoms with Crippen molar-refractivity contribution in [3.8, 4) is 11.5 Å². The van der Waals surface area contributed by atoms with E-state index in [1.54, 1.807) is 0 Å². The normalized spacial score (nSPS) is 10.2. The smallest absolute Gasteiger partial charge is 0.387 e. The largest absolute Gasteiger partial charge is 0.506 e. The van der Waals surface area contributed by atoms with Crippen LogP contribution in [0.3, 0.4) is 0 Å². The highest BCUT2D eigenvalue weighted by molar-refractivity contribution is 5.54. The summed E-state index contributed by atoms with van der Waals surface area (Å²) >= 11 is 0. The molecule has 0 heterocycles. The van der Waals surface area contributed by atoms with Crippen molar-refractivity contribution in [3.05, 3.63) is 18.2 Å². The van der Waals surface area contributed by atoms with Crippen LogP contribution in [-0.2, 0) is 0 Å². The highest BCUT2D eigenvalue weighted by atomic mass is 19.3. The molecular weight excluding hydrogens is 168 g/mol. The average Bonchev–Trinajstić information content (AvgIpc) is 1.96. The third kappa shape index (κ3) is 1.98. The number of rotatable bonds is 2. The summed E-state index contributed by atoms with van der Waals surface area (Å²) in [5.74, 6) is -0.384. The summed E-state index contributed by atoms with van der Waals surface area (Å²) in [6.45, 7) is -2.90. The molecule has 1 rings (SSSR count). The molecule has 0 fully saturated rings. The number of benzene rings is 1. The van der Waals surface area contributed by atoms with Gasteiger partial charge in [0.1, 0.15) is 11.5 Å². The molecule has 66 valence electrons. The third-order valence-electron chi connectivity index (χ3n) is 1.23. The van der Waals surface area contributed by atoms with Crippen molar-refractivity contribution in [1.82, 2.24) is 0 Å². The molecule has 1 aromatic carbocycles. The Morgan fingerprint density at radius 3 is 2.58 bits per heavy atom. The topological polar surface area (TPSA) is 55.5 Å². The minimum atomic E-state index is -2.90. The molecule has 0 saturated heterocycles. The second kappa shape index (κ2) is 3.25. The SMILES string of the molecule is Nc1ccc(OC(F)F)cc1O. The molecule has 0 bridgehead atoms. The van der Waals surface area contributed by atoms with Crippen LogP contribution in [0.25, 0.3) is 0 Å². The lowest BCUT2D eigenvalue weighted by molar-refractivity contribution is -0.0499. The van der Waals surface area contributed by atoms with Gasteiger partial charge in [0.2, 0.25) is 0 Å². The summed E-state index contributed by atoms with van der Waals surface area (Å²) in [6.07, 6.45) is 0. The van der Waals surface area contributed by atoms with Gasteiger partial charge in [-0.15, -0.1) is 0 Å². The molecule has 0 radical (unpaired) electrons. The Kier molecular flexibility index (Phi) is 2.32. The number of hydrogen-bond acceptors (Lipinski definition) is 3. The fourth-order valence-electron chi connectivity index (χ4n) is 0.700. The van der Waals surface area contributed by atoms with Gasteiger partial charge in [0, 0.05) is 6.07 Å². The van der Waals surface area contributed by atoms with Crippen LogP contribution in [0, 0.1) is 0 Å². The summed E-state index contributed by atoms with van der Waals surface area (Å²) in [4.78, 5) is 0. The van der Waals surface area contributed by atoms with Crippen LogP contribution in [0.4, 0.5) is 14.5 Å². The maximum Gasteiger partial charge on any atom is 0.387 e. The Balaban J connectivity index is 2.82. The Morgan fingerprint density at radius 2 is 2.08 bits per heavy atom. The van der Waals surface area contributed by atoms with Gasteiger partial charge >= 0.3 is 6.61 Å². The van der Waals surface area contributed by atoms with Crippen molar-refractivity contribution in [3.63, 3.8) is 0 Å². The Labute approximate surface area is 67.4 Å². The Hall–Kier alpha value is -1.52. The van der Waals surface area contributed by atoms with Crippen molar-refractivity contribution in [2.45, 2.75) is 6.61 Å². The van der Waals surface area contributed by atoms with Gasteiger partial charge in [-0.1, -0.05) is 0 Å². The summed E-state index contributed by atoms with van der Waals surface area (Å²) < 4.78 is 27.2. The number of ether oxygens (including phenoxy) is 1. The average molecular weight is 175 g/mol. The number of nitrogen functional groups attached to an aromatic ring is 1. The number of hydrogen-bond donors (Lipinski definition) is 2. The van der Waals surface area contributed by atoms with Crippen LogP contribution in [-0.4, -0.2) is 11.7 Å². The van der Waals surface area contributed by atoms with E-state index in [0.29, 0.717) is 0 Å². The summed E-state index contributed by atoms with van der Waals surface area (Å²) in [5.41, 5.74) is 5.35. The summed E-state index contributed by atoms with van der Waals surface area (Å²) in [5, 5.41) is 8.96. The molecule has 1 aromatic rings.